The van der Waals surface area contributed by atoms with Gasteiger partial charge in [-0.15, -0.1) is 0 Å². The van der Waals surface area contributed by atoms with E-state index >= 15 is 0 Å². The van der Waals surface area contributed by atoms with Crippen LogP contribution in [0.5, 0.6) is 0 Å². The lowest BCUT2D eigenvalue weighted by atomic mass is 10.0. The molecule has 6 nitrogen and oxygen atoms in total. The molecule has 83 heavy (non-hydrogen) atoms. The molecule has 0 saturated carbocycles. The standard InChI is InChI=1S/C77H132O6/c1-4-7-10-13-16-19-22-25-28-31-34-36-38-40-43-46-49-52-55-58-61-64-67-70-76(79)82-73-74(72-81-75(78)69-66-63-60-57-54-51-48-45-42-33-30-27-24-21-18-15-12-9-6-3)83-77(80)71-68-65-62-59-56-53-50-47-44-41-39-37-35-32-29-26-23-20-17-14-11-8-5-2/h9,12,18,21-22,25,27,30-32,34-35,42,45,51,54,60,63,74H,4-8,10-11,13-17,19-20,23-24,26,28-29,33,36-41,43-44,46-50,52-53,55-59,61-62,64-73H2,1-3H3/b12-9-,21-18-,25-22-,30-27-,34-31-,35-32-,45-42-,54-51-,63-60-. The van der Waals surface area contributed by atoms with Gasteiger partial charge in [0.1, 0.15) is 13.2 Å². The van der Waals surface area contributed by atoms with Crippen molar-refractivity contribution in [2.24, 2.45) is 0 Å². The summed E-state index contributed by atoms with van der Waals surface area (Å²) in [5, 5.41) is 0. The summed E-state index contributed by atoms with van der Waals surface area (Å²) in [6.45, 7) is 6.49. The van der Waals surface area contributed by atoms with Crippen LogP contribution in [0.2, 0.25) is 0 Å². The number of unbranched alkanes of at least 4 members (excludes halogenated alkanes) is 35. The molecule has 0 aromatic rings. The average Bonchev–Trinajstić information content (AvgIpc) is 3.49. The largest absolute Gasteiger partial charge is 0.462 e. The second-order valence-electron chi connectivity index (χ2n) is 23.4. The van der Waals surface area contributed by atoms with Crippen LogP contribution in [0.25, 0.3) is 0 Å². The van der Waals surface area contributed by atoms with Crippen molar-refractivity contribution in [3.8, 4) is 0 Å². The smallest absolute Gasteiger partial charge is 0.306 e. The van der Waals surface area contributed by atoms with Gasteiger partial charge in [0.25, 0.3) is 0 Å². The molecule has 0 aromatic heterocycles. The molecule has 6 heteroatoms. The molecule has 0 aliphatic rings. The van der Waals surface area contributed by atoms with Crippen LogP contribution in [0.1, 0.15) is 342 Å². The van der Waals surface area contributed by atoms with E-state index in [0.717, 1.165) is 83.5 Å². The lowest BCUT2D eigenvalue weighted by Crippen LogP contribution is -2.30. The van der Waals surface area contributed by atoms with Crippen LogP contribution >= 0.6 is 0 Å². The van der Waals surface area contributed by atoms with E-state index in [4.69, 9.17) is 14.2 Å². The third-order valence-corrected chi connectivity index (χ3v) is 15.2. The Morgan fingerprint density at radius 1 is 0.253 bits per heavy atom. The molecule has 0 saturated heterocycles. The van der Waals surface area contributed by atoms with Crippen LogP contribution in [0.4, 0.5) is 0 Å². The molecule has 0 amide bonds. The first kappa shape index (κ1) is 79.1. The van der Waals surface area contributed by atoms with Gasteiger partial charge in [0.2, 0.25) is 0 Å². The normalized spacial score (nSPS) is 12.8. The molecule has 0 heterocycles. The van der Waals surface area contributed by atoms with Crippen LogP contribution in [-0.2, 0) is 28.6 Å². The summed E-state index contributed by atoms with van der Waals surface area (Å²) in [4.78, 5) is 38.5. The molecule has 0 spiro atoms. The summed E-state index contributed by atoms with van der Waals surface area (Å²) in [5.74, 6) is -0.979. The molecule has 0 radical (unpaired) electrons. The topological polar surface area (TPSA) is 78.9 Å². The highest BCUT2D eigenvalue weighted by Crippen LogP contribution is 2.17. The molecule has 0 rings (SSSR count). The minimum atomic E-state index is -0.814. The van der Waals surface area contributed by atoms with Crippen molar-refractivity contribution in [2.75, 3.05) is 13.2 Å². The molecule has 0 fully saturated rings. The lowest BCUT2D eigenvalue weighted by molar-refractivity contribution is -0.166. The molecule has 476 valence electrons. The van der Waals surface area contributed by atoms with Gasteiger partial charge in [-0.25, -0.2) is 0 Å². The maximum absolute atomic E-state index is 13.0. The third kappa shape index (κ3) is 68.7. The first-order valence-corrected chi connectivity index (χ1v) is 35.4. The molecule has 0 aliphatic heterocycles. The number of carbonyl (C=O) groups excluding carboxylic acids is 3. The van der Waals surface area contributed by atoms with Gasteiger partial charge in [-0.05, 0) is 116 Å². The highest BCUT2D eigenvalue weighted by Gasteiger charge is 2.19. The molecule has 0 aliphatic carbocycles. The Hall–Kier alpha value is -3.93. The number of ether oxygens (including phenoxy) is 3. The number of allylic oxidation sites excluding steroid dienone is 18. The Labute approximate surface area is 514 Å². The third-order valence-electron chi connectivity index (χ3n) is 15.2. The molecule has 0 N–H and O–H groups in total. The van der Waals surface area contributed by atoms with Gasteiger partial charge in [0, 0.05) is 19.3 Å². The lowest BCUT2D eigenvalue weighted by Gasteiger charge is -2.18. The maximum atomic E-state index is 13.0. The zero-order chi connectivity index (χ0) is 59.9. The molecule has 1 atom stereocenters. The maximum Gasteiger partial charge on any atom is 0.306 e. The van der Waals surface area contributed by atoms with Gasteiger partial charge in [0.05, 0.1) is 0 Å². The fourth-order valence-corrected chi connectivity index (χ4v) is 9.97. The summed E-state index contributed by atoms with van der Waals surface area (Å²) in [7, 11) is 0. The second kappa shape index (κ2) is 70.6. The van der Waals surface area contributed by atoms with E-state index in [1.165, 1.54) is 212 Å². The van der Waals surface area contributed by atoms with Gasteiger partial charge in [-0.3, -0.25) is 14.4 Å². The number of hydrogen-bond acceptors (Lipinski definition) is 6. The average molecular weight is 1150 g/mol. The summed E-state index contributed by atoms with van der Waals surface area (Å²) < 4.78 is 16.9. The highest BCUT2D eigenvalue weighted by atomic mass is 16.6. The predicted molar refractivity (Wildman–Crippen MR) is 362 cm³/mol. The first-order chi connectivity index (χ1) is 41.0. The summed E-state index contributed by atoms with van der Waals surface area (Å²) in [6.07, 6.45) is 96.9. The zero-order valence-corrected chi connectivity index (χ0v) is 54.7. The Kier molecular flexibility index (Phi) is 67.2. The van der Waals surface area contributed by atoms with Crippen LogP contribution in [-0.4, -0.2) is 37.2 Å². The highest BCUT2D eigenvalue weighted by molar-refractivity contribution is 5.71. The molecule has 0 bridgehead atoms. The monoisotopic (exact) mass is 1150 g/mol. The van der Waals surface area contributed by atoms with Crippen molar-refractivity contribution in [2.45, 2.75) is 348 Å². The molecule has 0 aromatic carbocycles. The Morgan fingerprint density at radius 3 is 0.819 bits per heavy atom. The predicted octanol–water partition coefficient (Wildman–Crippen LogP) is 24.6. The van der Waals surface area contributed by atoms with Crippen LogP contribution in [0.3, 0.4) is 0 Å². The van der Waals surface area contributed by atoms with Gasteiger partial charge in [-0.2, -0.15) is 0 Å². The number of carbonyl (C=O) groups is 3. The molecular formula is C77H132O6. The Balaban J connectivity index is 4.44. The van der Waals surface area contributed by atoms with Crippen molar-refractivity contribution in [1.82, 2.24) is 0 Å². The Bertz CT molecular complexity index is 1660. The quantitative estimate of drug-likeness (QED) is 0.0261. The van der Waals surface area contributed by atoms with Gasteiger partial charge >= 0.3 is 17.9 Å². The van der Waals surface area contributed by atoms with E-state index in [1.807, 2.05) is 6.08 Å². The van der Waals surface area contributed by atoms with Crippen molar-refractivity contribution in [3.63, 3.8) is 0 Å². The van der Waals surface area contributed by atoms with E-state index in [2.05, 4.69) is 124 Å². The van der Waals surface area contributed by atoms with E-state index in [9.17, 15) is 14.4 Å². The molecular weight excluding hydrogens is 1020 g/mol. The van der Waals surface area contributed by atoms with Gasteiger partial charge in [0.15, 0.2) is 6.10 Å². The summed E-state index contributed by atoms with van der Waals surface area (Å²) >= 11 is 0. The number of hydrogen-bond donors (Lipinski definition) is 0. The van der Waals surface area contributed by atoms with Gasteiger partial charge < -0.3 is 14.2 Å². The number of esters is 3. The fraction of sp³-hybridized carbons (Fsp3) is 0.727. The van der Waals surface area contributed by atoms with Crippen LogP contribution in [0.15, 0.2) is 109 Å². The van der Waals surface area contributed by atoms with Crippen molar-refractivity contribution in [1.29, 1.82) is 0 Å². The first-order valence-electron chi connectivity index (χ1n) is 35.4. The van der Waals surface area contributed by atoms with Crippen molar-refractivity contribution in [3.05, 3.63) is 109 Å². The van der Waals surface area contributed by atoms with E-state index in [1.54, 1.807) is 0 Å². The Morgan fingerprint density at radius 2 is 0.494 bits per heavy atom. The van der Waals surface area contributed by atoms with E-state index in [-0.39, 0.29) is 37.5 Å². The summed E-state index contributed by atoms with van der Waals surface area (Å²) in [6, 6.07) is 0. The zero-order valence-electron chi connectivity index (χ0n) is 54.7. The van der Waals surface area contributed by atoms with Crippen LogP contribution < -0.4 is 0 Å². The summed E-state index contributed by atoms with van der Waals surface area (Å²) in [5.41, 5.74) is 0. The van der Waals surface area contributed by atoms with E-state index < -0.39 is 6.10 Å². The minimum Gasteiger partial charge on any atom is -0.462 e. The molecule has 1 unspecified atom stereocenters. The number of rotatable bonds is 64. The van der Waals surface area contributed by atoms with Crippen molar-refractivity contribution < 1.29 is 28.6 Å². The SMILES string of the molecule is CC/C=C\C/C=C\C/C=C\C/C=C\C/C=C\C/C=C\CCC(=O)OCC(COC(=O)CCCCCCCCCCCCC/C=C\C/C=C\CCCCCCC)OC(=O)CCCCCCCCCCCCC/C=C\CCCCCCCCCC. The fourth-order valence-electron chi connectivity index (χ4n) is 9.97. The minimum absolute atomic E-state index is 0.102. The van der Waals surface area contributed by atoms with Gasteiger partial charge in [-0.1, -0.05) is 316 Å². The van der Waals surface area contributed by atoms with Crippen molar-refractivity contribution >= 4 is 17.9 Å². The second-order valence-corrected chi connectivity index (χ2v) is 23.4. The van der Waals surface area contributed by atoms with Crippen LogP contribution in [0, 0.1) is 0 Å². The van der Waals surface area contributed by atoms with E-state index in [0.29, 0.717) is 19.3 Å².